The Hall–Kier alpha value is -1.10. The van der Waals surface area contributed by atoms with Gasteiger partial charge in [-0.25, -0.2) is 8.42 Å². The first-order valence-corrected chi connectivity index (χ1v) is 6.85. The lowest BCUT2D eigenvalue weighted by Gasteiger charge is -2.05. The van der Waals surface area contributed by atoms with Crippen molar-refractivity contribution in [2.45, 2.75) is 24.3 Å². The Morgan fingerprint density at radius 2 is 1.94 bits per heavy atom. The van der Waals surface area contributed by atoms with Gasteiger partial charge in [-0.15, -0.1) is 19.0 Å². The summed E-state index contributed by atoms with van der Waals surface area (Å²) in [6.07, 6.45) is 2.08. The monoisotopic (exact) mass is 287 g/mol. The number of benzene rings is 1. The van der Waals surface area contributed by atoms with Crippen LogP contribution in [0.4, 0.5) is 0 Å². The number of nitrogens with two attached hydrogens (primary N) is 1. The minimum atomic E-state index is -3.38. The summed E-state index contributed by atoms with van der Waals surface area (Å²) in [6, 6.07) is 7.96. The minimum Gasteiger partial charge on any atom is -0.324 e. The topological polar surface area (TPSA) is 60.2 Å². The van der Waals surface area contributed by atoms with E-state index in [0.29, 0.717) is 6.42 Å². The van der Waals surface area contributed by atoms with Crippen LogP contribution in [0.2, 0.25) is 0 Å². The van der Waals surface area contributed by atoms with Crippen molar-refractivity contribution in [2.75, 3.05) is 0 Å². The van der Waals surface area contributed by atoms with Crippen LogP contribution in [-0.4, -0.2) is 14.5 Å². The van der Waals surface area contributed by atoms with Crippen LogP contribution >= 0.6 is 12.4 Å². The van der Waals surface area contributed by atoms with Gasteiger partial charge >= 0.3 is 0 Å². The molecule has 0 aliphatic rings. The fourth-order valence-electron chi connectivity index (χ4n) is 1.36. The third-order valence-electron chi connectivity index (χ3n) is 2.16. The summed E-state index contributed by atoms with van der Waals surface area (Å²) in [5.41, 5.74) is 6.68. The molecule has 0 aliphatic heterocycles. The van der Waals surface area contributed by atoms with Crippen LogP contribution in [0.3, 0.4) is 0 Å². The molecule has 1 aromatic carbocycles. The van der Waals surface area contributed by atoms with Gasteiger partial charge in [-0.1, -0.05) is 29.8 Å². The summed E-state index contributed by atoms with van der Waals surface area (Å²) >= 11 is 0. The van der Waals surface area contributed by atoms with E-state index in [-0.39, 0.29) is 23.3 Å². The first-order chi connectivity index (χ1) is 7.92. The summed E-state index contributed by atoms with van der Waals surface area (Å²) in [4.78, 5) is 0.277. The van der Waals surface area contributed by atoms with Crippen LogP contribution < -0.4 is 5.73 Å². The minimum absolute atomic E-state index is 0. The molecule has 0 heterocycles. The van der Waals surface area contributed by atoms with Gasteiger partial charge in [0.2, 0.25) is 0 Å². The summed E-state index contributed by atoms with van der Waals surface area (Å²) < 4.78 is 23.7. The van der Waals surface area contributed by atoms with Crippen molar-refractivity contribution in [1.29, 1.82) is 0 Å². The second-order valence-electron chi connectivity index (χ2n) is 4.01. The first kappa shape index (κ1) is 16.9. The molecule has 0 spiro atoms. The van der Waals surface area contributed by atoms with Crippen molar-refractivity contribution >= 4 is 22.2 Å². The molecule has 5 heteroatoms. The smallest absolute Gasteiger partial charge is 0.199 e. The maximum absolute atomic E-state index is 11.9. The van der Waals surface area contributed by atoms with Gasteiger partial charge < -0.3 is 5.73 Å². The molecule has 3 nitrogen and oxygen atoms in total. The highest BCUT2D eigenvalue weighted by molar-refractivity contribution is 7.94. The lowest BCUT2D eigenvalue weighted by molar-refractivity contribution is 0.604. The highest BCUT2D eigenvalue weighted by Gasteiger charge is 2.09. The molecule has 0 fully saturated rings. The van der Waals surface area contributed by atoms with Crippen molar-refractivity contribution in [3.05, 3.63) is 54.0 Å². The molecule has 0 unspecified atom stereocenters. The Morgan fingerprint density at radius 3 is 2.44 bits per heavy atom. The SMILES string of the molecule is C=C(C)C[C@H](N)/C=C/S(=O)(=O)c1ccccc1.Cl. The molecule has 1 aromatic rings. The fraction of sp³-hybridized carbons (Fsp3) is 0.231. The van der Waals surface area contributed by atoms with E-state index >= 15 is 0 Å². The van der Waals surface area contributed by atoms with Gasteiger partial charge in [0, 0.05) is 11.4 Å². The Labute approximate surface area is 115 Å². The largest absolute Gasteiger partial charge is 0.324 e. The highest BCUT2D eigenvalue weighted by Crippen LogP contribution is 2.12. The number of sulfone groups is 1. The van der Waals surface area contributed by atoms with Gasteiger partial charge in [-0.05, 0) is 25.5 Å². The Bertz CT molecular complexity index is 509. The highest BCUT2D eigenvalue weighted by atomic mass is 35.5. The average Bonchev–Trinajstić information content (AvgIpc) is 2.27. The molecule has 0 aromatic heterocycles. The van der Waals surface area contributed by atoms with Crippen molar-refractivity contribution in [3.8, 4) is 0 Å². The van der Waals surface area contributed by atoms with Crippen molar-refractivity contribution in [3.63, 3.8) is 0 Å². The zero-order valence-electron chi connectivity index (χ0n) is 10.2. The van der Waals surface area contributed by atoms with Crippen molar-refractivity contribution < 1.29 is 8.42 Å². The van der Waals surface area contributed by atoms with E-state index < -0.39 is 9.84 Å². The summed E-state index contributed by atoms with van der Waals surface area (Å²) in [5.74, 6) is 0. The van der Waals surface area contributed by atoms with Gasteiger partial charge in [0.05, 0.1) is 4.90 Å². The van der Waals surface area contributed by atoms with Gasteiger partial charge in [0.25, 0.3) is 0 Å². The molecule has 0 aliphatic carbocycles. The second-order valence-corrected chi connectivity index (χ2v) is 5.85. The Morgan fingerprint density at radius 1 is 1.39 bits per heavy atom. The van der Waals surface area contributed by atoms with Crippen LogP contribution in [0.15, 0.2) is 58.9 Å². The number of hydrogen-bond acceptors (Lipinski definition) is 3. The Balaban J connectivity index is 0.00000289. The van der Waals surface area contributed by atoms with E-state index in [0.717, 1.165) is 11.0 Å². The van der Waals surface area contributed by atoms with Gasteiger partial charge in [-0.3, -0.25) is 0 Å². The fourth-order valence-corrected chi connectivity index (χ4v) is 2.47. The first-order valence-electron chi connectivity index (χ1n) is 5.30. The standard InChI is InChI=1S/C13H17NO2S.ClH/c1-11(2)10-12(14)8-9-17(15,16)13-6-4-3-5-7-13;/h3-9,12H,1,10,14H2,2H3;1H/b9-8+;/t12-;/m1./s1. The molecule has 2 N–H and O–H groups in total. The third-order valence-corrected chi connectivity index (χ3v) is 3.61. The van der Waals surface area contributed by atoms with Gasteiger partial charge in [-0.2, -0.15) is 0 Å². The number of rotatable bonds is 5. The maximum atomic E-state index is 11.9. The molecule has 100 valence electrons. The molecule has 0 saturated heterocycles. The molecule has 0 amide bonds. The van der Waals surface area contributed by atoms with E-state index in [1.807, 2.05) is 6.92 Å². The van der Waals surface area contributed by atoms with Crippen molar-refractivity contribution in [1.82, 2.24) is 0 Å². The molecule has 1 rings (SSSR count). The molecule has 0 bridgehead atoms. The van der Waals surface area contributed by atoms with Crippen LogP contribution in [-0.2, 0) is 9.84 Å². The van der Waals surface area contributed by atoms with Crippen LogP contribution in [0.1, 0.15) is 13.3 Å². The molecule has 1 atom stereocenters. The van der Waals surface area contributed by atoms with E-state index in [2.05, 4.69) is 6.58 Å². The second kappa shape index (κ2) is 7.36. The zero-order valence-corrected chi connectivity index (χ0v) is 11.9. The number of halogens is 1. The van der Waals surface area contributed by atoms with Crippen molar-refractivity contribution in [2.24, 2.45) is 5.73 Å². The molecular formula is C13H18ClNO2S. The average molecular weight is 288 g/mol. The molecule has 0 saturated carbocycles. The summed E-state index contributed by atoms with van der Waals surface area (Å²) in [7, 11) is -3.38. The third kappa shape index (κ3) is 5.49. The number of hydrogen-bond donors (Lipinski definition) is 1. The summed E-state index contributed by atoms with van der Waals surface area (Å²) in [5, 5.41) is 1.16. The Kier molecular flexibility index (Phi) is 6.91. The van der Waals surface area contributed by atoms with E-state index in [9.17, 15) is 8.42 Å². The van der Waals surface area contributed by atoms with E-state index in [1.165, 1.54) is 6.08 Å². The normalized spacial score (nSPS) is 13.0. The van der Waals surface area contributed by atoms with E-state index in [1.54, 1.807) is 30.3 Å². The van der Waals surface area contributed by atoms with E-state index in [4.69, 9.17) is 5.73 Å². The van der Waals surface area contributed by atoms with Crippen LogP contribution in [0.25, 0.3) is 0 Å². The lowest BCUT2D eigenvalue weighted by Crippen LogP contribution is -2.17. The molecule has 18 heavy (non-hydrogen) atoms. The quantitative estimate of drug-likeness (QED) is 0.847. The van der Waals surface area contributed by atoms with Gasteiger partial charge in [0.15, 0.2) is 9.84 Å². The maximum Gasteiger partial charge on any atom is 0.199 e. The van der Waals surface area contributed by atoms with Crippen LogP contribution in [0, 0.1) is 0 Å². The lowest BCUT2D eigenvalue weighted by atomic mass is 10.1. The molecule has 0 radical (unpaired) electrons. The molecular weight excluding hydrogens is 270 g/mol. The zero-order chi connectivity index (χ0) is 12.9. The van der Waals surface area contributed by atoms with Gasteiger partial charge in [0.1, 0.15) is 0 Å². The predicted octanol–water partition coefficient (Wildman–Crippen LogP) is 2.69. The summed E-state index contributed by atoms with van der Waals surface area (Å²) in [6.45, 7) is 5.59. The predicted molar refractivity (Wildman–Crippen MR) is 77.4 cm³/mol. The van der Waals surface area contributed by atoms with Crippen LogP contribution in [0.5, 0.6) is 0 Å².